The molecule has 180 valence electrons. The number of nitrogens with one attached hydrogen (secondary N) is 2. The van der Waals surface area contributed by atoms with Gasteiger partial charge >= 0.3 is 6.09 Å². The number of methoxy groups -OCH3 is 1. The van der Waals surface area contributed by atoms with Crippen LogP contribution < -0.4 is 10.1 Å². The zero-order valence-corrected chi connectivity index (χ0v) is 19.4. The highest BCUT2D eigenvalue weighted by atomic mass is 19.1. The summed E-state index contributed by atoms with van der Waals surface area (Å²) >= 11 is 0. The number of rotatable bonds is 6. The van der Waals surface area contributed by atoms with E-state index in [0.717, 1.165) is 40.5 Å². The van der Waals surface area contributed by atoms with E-state index in [0.29, 0.717) is 42.4 Å². The molecule has 9 nitrogen and oxygen atoms in total. The molecule has 1 aliphatic rings. The van der Waals surface area contributed by atoms with E-state index in [1.807, 2.05) is 25.1 Å². The fraction of sp³-hybridized carbons (Fsp3) is 0.280. The largest absolute Gasteiger partial charge is 0.497 e. The molecule has 10 heteroatoms. The Balaban J connectivity index is 1.45. The number of hydrogen-bond acceptors (Lipinski definition) is 6. The highest BCUT2D eigenvalue weighted by Crippen LogP contribution is 2.29. The molecule has 0 bridgehead atoms. The summed E-state index contributed by atoms with van der Waals surface area (Å²) < 4.78 is 19.2. The topological polar surface area (TPSA) is 116 Å². The maximum absolute atomic E-state index is 13.8. The van der Waals surface area contributed by atoms with E-state index in [1.165, 1.54) is 22.7 Å². The van der Waals surface area contributed by atoms with Crippen molar-refractivity contribution in [2.24, 2.45) is 0 Å². The standard InChI is InChI=1S/C25H25FN6O3/c1-14-18(20-10-17(35-2)3-4-21(20)29-14)5-7-28-24-19-6-8-32(25(33)34)13-22(19)30-23(31-24)15-9-16(26)12-27-11-15/h3-4,9-12,29H,5-8,13H2,1-2H3,(H,33,34)(H,28,30,31). The van der Waals surface area contributed by atoms with Crippen LogP contribution in [0.4, 0.5) is 15.0 Å². The summed E-state index contributed by atoms with van der Waals surface area (Å²) in [5, 5.41) is 14.0. The van der Waals surface area contributed by atoms with Crippen molar-refractivity contribution < 1.29 is 19.0 Å². The Morgan fingerprint density at radius 3 is 2.91 bits per heavy atom. The molecule has 0 atom stereocenters. The molecule has 1 amide bonds. The van der Waals surface area contributed by atoms with Crippen LogP contribution in [0.2, 0.25) is 0 Å². The number of H-pyrrole nitrogens is 1. The first-order valence-electron chi connectivity index (χ1n) is 11.3. The summed E-state index contributed by atoms with van der Waals surface area (Å²) in [6, 6.07) is 7.28. The van der Waals surface area contributed by atoms with Crippen molar-refractivity contribution in [3.63, 3.8) is 0 Å². The van der Waals surface area contributed by atoms with Gasteiger partial charge in [-0.05, 0) is 49.6 Å². The third-order valence-corrected chi connectivity index (χ3v) is 6.29. The van der Waals surface area contributed by atoms with Gasteiger partial charge in [-0.2, -0.15) is 0 Å². The number of benzene rings is 1. The molecule has 1 aliphatic heterocycles. The van der Waals surface area contributed by atoms with Crippen molar-refractivity contribution in [2.45, 2.75) is 26.3 Å². The fourth-order valence-corrected chi connectivity index (χ4v) is 4.52. The van der Waals surface area contributed by atoms with Crippen LogP contribution in [0.5, 0.6) is 5.75 Å². The van der Waals surface area contributed by atoms with Gasteiger partial charge < -0.3 is 25.0 Å². The summed E-state index contributed by atoms with van der Waals surface area (Å²) in [5.41, 5.74) is 5.25. The predicted octanol–water partition coefficient (Wildman–Crippen LogP) is 4.17. The van der Waals surface area contributed by atoms with Crippen LogP contribution in [0.1, 0.15) is 22.5 Å². The molecule has 4 aromatic rings. The number of carboxylic acid groups (broad SMARTS) is 1. The van der Waals surface area contributed by atoms with E-state index < -0.39 is 11.9 Å². The summed E-state index contributed by atoms with van der Waals surface area (Å²) in [6.45, 7) is 3.16. The Morgan fingerprint density at radius 1 is 1.29 bits per heavy atom. The van der Waals surface area contributed by atoms with Crippen molar-refractivity contribution in [2.75, 3.05) is 25.5 Å². The monoisotopic (exact) mass is 476 g/mol. The molecule has 4 heterocycles. The van der Waals surface area contributed by atoms with E-state index >= 15 is 0 Å². The molecule has 1 aromatic carbocycles. The van der Waals surface area contributed by atoms with Crippen molar-refractivity contribution in [3.05, 3.63) is 65.0 Å². The minimum atomic E-state index is -0.997. The Labute approximate surface area is 201 Å². The lowest BCUT2D eigenvalue weighted by molar-refractivity contribution is 0.139. The van der Waals surface area contributed by atoms with Gasteiger partial charge in [-0.25, -0.2) is 19.2 Å². The summed E-state index contributed by atoms with van der Waals surface area (Å²) in [7, 11) is 1.65. The van der Waals surface area contributed by atoms with Gasteiger partial charge in [0.2, 0.25) is 0 Å². The second-order valence-electron chi connectivity index (χ2n) is 8.48. The molecule has 0 spiro atoms. The Hall–Kier alpha value is -4.21. The van der Waals surface area contributed by atoms with Crippen molar-refractivity contribution in [1.82, 2.24) is 24.8 Å². The SMILES string of the molecule is COc1ccc2[nH]c(C)c(CCNc3nc(-c4cncc(F)c4)nc4c3CCN(C(=O)O)C4)c2c1. The van der Waals surface area contributed by atoms with Gasteiger partial charge in [0, 0.05) is 47.0 Å². The summed E-state index contributed by atoms with van der Waals surface area (Å²) in [6.07, 6.45) is 2.84. The number of halogens is 1. The van der Waals surface area contributed by atoms with Crippen molar-refractivity contribution >= 4 is 22.8 Å². The quantitative estimate of drug-likeness (QED) is 0.382. The number of hydrogen-bond donors (Lipinski definition) is 3. The van der Waals surface area contributed by atoms with Gasteiger partial charge in [0.25, 0.3) is 0 Å². The van der Waals surface area contributed by atoms with E-state index in [2.05, 4.69) is 25.3 Å². The lowest BCUT2D eigenvalue weighted by Crippen LogP contribution is -2.36. The Kier molecular flexibility index (Phi) is 5.94. The van der Waals surface area contributed by atoms with Crippen LogP contribution >= 0.6 is 0 Å². The first-order chi connectivity index (χ1) is 16.9. The number of anilines is 1. The predicted molar refractivity (Wildman–Crippen MR) is 129 cm³/mol. The molecule has 5 rings (SSSR count). The molecule has 0 saturated carbocycles. The van der Waals surface area contributed by atoms with Gasteiger partial charge in [-0.15, -0.1) is 0 Å². The Bertz CT molecular complexity index is 1420. The first kappa shape index (κ1) is 22.6. The average molecular weight is 477 g/mol. The molecule has 0 fully saturated rings. The maximum atomic E-state index is 13.8. The summed E-state index contributed by atoms with van der Waals surface area (Å²) in [5.74, 6) is 1.25. The second kappa shape index (κ2) is 9.21. The van der Waals surface area contributed by atoms with Crippen LogP contribution in [0, 0.1) is 12.7 Å². The number of aromatic nitrogens is 4. The minimum absolute atomic E-state index is 0.152. The molecular formula is C25H25FN6O3. The molecule has 3 N–H and O–H groups in total. The lowest BCUT2D eigenvalue weighted by Gasteiger charge is -2.27. The van der Waals surface area contributed by atoms with Gasteiger partial charge in [-0.1, -0.05) is 0 Å². The molecule has 0 unspecified atom stereocenters. The van der Waals surface area contributed by atoms with Crippen LogP contribution in [0.15, 0.2) is 36.7 Å². The average Bonchev–Trinajstić information content (AvgIpc) is 3.17. The van der Waals surface area contributed by atoms with E-state index in [9.17, 15) is 14.3 Å². The third kappa shape index (κ3) is 4.46. The third-order valence-electron chi connectivity index (χ3n) is 6.29. The van der Waals surface area contributed by atoms with Crippen LogP contribution in [-0.4, -0.2) is 56.2 Å². The van der Waals surface area contributed by atoms with Gasteiger partial charge in [0.15, 0.2) is 5.82 Å². The van der Waals surface area contributed by atoms with E-state index in [-0.39, 0.29) is 6.54 Å². The van der Waals surface area contributed by atoms with Crippen LogP contribution in [0.25, 0.3) is 22.3 Å². The number of ether oxygens (including phenoxy) is 1. The summed E-state index contributed by atoms with van der Waals surface area (Å²) in [4.78, 5) is 29.4. The highest BCUT2D eigenvalue weighted by molar-refractivity contribution is 5.86. The van der Waals surface area contributed by atoms with Crippen molar-refractivity contribution in [3.8, 4) is 17.1 Å². The molecular weight excluding hydrogens is 451 g/mol. The highest BCUT2D eigenvalue weighted by Gasteiger charge is 2.25. The van der Waals surface area contributed by atoms with Gasteiger partial charge in [0.1, 0.15) is 17.4 Å². The number of pyridine rings is 1. The number of nitrogens with zero attached hydrogens (tertiary/aromatic N) is 4. The number of aryl methyl sites for hydroxylation is 1. The van der Waals surface area contributed by atoms with Crippen molar-refractivity contribution in [1.29, 1.82) is 0 Å². The van der Waals surface area contributed by atoms with Gasteiger partial charge in [-0.3, -0.25) is 4.98 Å². The zero-order chi connectivity index (χ0) is 24.5. The molecule has 3 aromatic heterocycles. The van der Waals surface area contributed by atoms with Crippen LogP contribution in [0.3, 0.4) is 0 Å². The normalized spacial score (nSPS) is 13.1. The first-order valence-corrected chi connectivity index (χ1v) is 11.3. The maximum Gasteiger partial charge on any atom is 0.407 e. The Morgan fingerprint density at radius 2 is 2.14 bits per heavy atom. The number of amides is 1. The second-order valence-corrected chi connectivity index (χ2v) is 8.48. The zero-order valence-electron chi connectivity index (χ0n) is 19.4. The smallest absolute Gasteiger partial charge is 0.407 e. The number of fused-ring (bicyclic) bond motifs is 2. The molecule has 0 aliphatic carbocycles. The van der Waals surface area contributed by atoms with E-state index in [4.69, 9.17) is 4.74 Å². The lowest BCUT2D eigenvalue weighted by atomic mass is 10.0. The molecule has 0 saturated heterocycles. The van der Waals surface area contributed by atoms with Gasteiger partial charge in [0.05, 0.1) is 25.5 Å². The fourth-order valence-electron chi connectivity index (χ4n) is 4.52. The van der Waals surface area contributed by atoms with Crippen LogP contribution in [-0.2, 0) is 19.4 Å². The number of aromatic amines is 1. The number of carbonyl (C=O) groups is 1. The molecule has 0 radical (unpaired) electrons. The minimum Gasteiger partial charge on any atom is -0.497 e. The van der Waals surface area contributed by atoms with E-state index in [1.54, 1.807) is 7.11 Å². The molecule has 35 heavy (non-hydrogen) atoms.